The van der Waals surface area contributed by atoms with Crippen LogP contribution in [-0.4, -0.2) is 31.1 Å². The van der Waals surface area contributed by atoms with E-state index < -0.39 is 5.60 Å². The Morgan fingerprint density at radius 3 is 2.41 bits per heavy atom. The Bertz CT molecular complexity index is 880. The van der Waals surface area contributed by atoms with Gasteiger partial charge in [0.05, 0.1) is 18.4 Å². The van der Waals surface area contributed by atoms with Crippen LogP contribution in [0.3, 0.4) is 0 Å². The van der Waals surface area contributed by atoms with Crippen molar-refractivity contribution in [2.24, 2.45) is 0 Å². The molecule has 0 N–H and O–H groups in total. The Hall–Kier alpha value is -2.92. The molecule has 0 aliphatic carbocycles. The second-order valence-corrected chi connectivity index (χ2v) is 6.75. The number of nitrogens with zero attached hydrogens (tertiary/aromatic N) is 1. The fourth-order valence-corrected chi connectivity index (χ4v) is 3.72. The van der Waals surface area contributed by atoms with Crippen LogP contribution >= 0.6 is 0 Å². The van der Waals surface area contributed by atoms with Crippen molar-refractivity contribution < 1.29 is 19.1 Å². The molecule has 2 saturated heterocycles. The zero-order chi connectivity index (χ0) is 18.9. The normalized spacial score (nSPS) is 24.0. The third-order valence-electron chi connectivity index (χ3n) is 5.13. The van der Waals surface area contributed by atoms with Gasteiger partial charge in [0.1, 0.15) is 5.75 Å². The fourth-order valence-electron chi connectivity index (χ4n) is 3.72. The summed E-state index contributed by atoms with van der Waals surface area (Å²) < 4.78 is 11.2. The van der Waals surface area contributed by atoms with Crippen LogP contribution in [0, 0.1) is 0 Å². The molecule has 2 aromatic carbocycles. The van der Waals surface area contributed by atoms with Crippen molar-refractivity contribution in [2.45, 2.75) is 24.9 Å². The van der Waals surface area contributed by atoms with E-state index in [0.717, 1.165) is 18.4 Å². The molecular formula is C22H21NO4. The molecule has 1 spiro atoms. The maximum atomic E-state index is 13.4. The number of imide groups is 1. The van der Waals surface area contributed by atoms with Crippen LogP contribution < -0.4 is 9.64 Å². The summed E-state index contributed by atoms with van der Waals surface area (Å²) in [6.07, 6.45) is 4.05. The number of rotatable bonds is 3. The van der Waals surface area contributed by atoms with Crippen LogP contribution in [-0.2, 0) is 14.3 Å². The maximum absolute atomic E-state index is 13.4. The van der Waals surface area contributed by atoms with E-state index in [1.807, 2.05) is 30.3 Å². The molecule has 5 heteroatoms. The topological polar surface area (TPSA) is 55.8 Å². The lowest BCUT2D eigenvalue weighted by molar-refractivity contribution is -0.140. The minimum Gasteiger partial charge on any atom is -0.497 e. The van der Waals surface area contributed by atoms with E-state index in [9.17, 15) is 9.59 Å². The molecule has 2 heterocycles. The minimum absolute atomic E-state index is 0.306. The third kappa shape index (κ3) is 2.94. The van der Waals surface area contributed by atoms with E-state index >= 15 is 0 Å². The van der Waals surface area contributed by atoms with Crippen LogP contribution in [0.4, 0.5) is 5.69 Å². The number of benzene rings is 2. The molecule has 0 aromatic heterocycles. The molecule has 2 aromatic rings. The first-order valence-corrected chi connectivity index (χ1v) is 9.10. The average molecular weight is 363 g/mol. The standard InChI is InChI=1S/C22H21NO4/c1-26-18-11-9-17(10-12-18)23-20(24)19(15-16-7-3-2-4-8-16)22(21(23)25)13-5-6-14-27-22/h2-4,7-12,15H,5-6,13-14H2,1H3/b19-15-. The largest absolute Gasteiger partial charge is 0.497 e. The maximum Gasteiger partial charge on any atom is 0.271 e. The molecule has 2 aliphatic rings. The molecular weight excluding hydrogens is 342 g/mol. The summed E-state index contributed by atoms with van der Waals surface area (Å²) in [7, 11) is 1.58. The van der Waals surface area contributed by atoms with Crippen LogP contribution in [0.25, 0.3) is 6.08 Å². The van der Waals surface area contributed by atoms with Crippen molar-refractivity contribution in [3.05, 3.63) is 65.7 Å². The van der Waals surface area contributed by atoms with Crippen LogP contribution in [0.2, 0.25) is 0 Å². The van der Waals surface area contributed by atoms with Crippen LogP contribution in [0.5, 0.6) is 5.75 Å². The predicted octanol–water partition coefficient (Wildman–Crippen LogP) is 3.59. The Balaban J connectivity index is 1.80. The number of hydrogen-bond donors (Lipinski definition) is 0. The summed E-state index contributed by atoms with van der Waals surface area (Å²) in [6, 6.07) is 16.5. The SMILES string of the molecule is COc1ccc(N2C(=O)/C(=C/c3ccccc3)C3(CCCCO3)C2=O)cc1. The predicted molar refractivity (Wildman–Crippen MR) is 102 cm³/mol. The molecule has 0 saturated carbocycles. The molecule has 2 amide bonds. The van der Waals surface area contributed by atoms with Gasteiger partial charge in [-0.1, -0.05) is 30.3 Å². The van der Waals surface area contributed by atoms with Gasteiger partial charge in [0, 0.05) is 6.61 Å². The summed E-state index contributed by atoms with van der Waals surface area (Å²) in [5.41, 5.74) is 0.620. The summed E-state index contributed by atoms with van der Waals surface area (Å²) >= 11 is 0. The molecule has 2 fully saturated rings. The molecule has 138 valence electrons. The first kappa shape index (κ1) is 17.5. The number of ether oxygens (including phenoxy) is 2. The van der Waals surface area contributed by atoms with E-state index in [-0.39, 0.29) is 11.8 Å². The summed E-state index contributed by atoms with van der Waals surface area (Å²) in [4.78, 5) is 27.9. The van der Waals surface area contributed by atoms with Gasteiger partial charge >= 0.3 is 0 Å². The second kappa shape index (κ2) is 7.00. The van der Waals surface area contributed by atoms with Gasteiger partial charge in [-0.3, -0.25) is 9.59 Å². The van der Waals surface area contributed by atoms with Crippen molar-refractivity contribution in [3.8, 4) is 5.75 Å². The highest BCUT2D eigenvalue weighted by atomic mass is 16.5. The fraction of sp³-hybridized carbons (Fsp3) is 0.273. The first-order valence-electron chi connectivity index (χ1n) is 9.10. The van der Waals surface area contributed by atoms with Gasteiger partial charge in [-0.15, -0.1) is 0 Å². The van der Waals surface area contributed by atoms with E-state index in [0.29, 0.717) is 30.0 Å². The smallest absolute Gasteiger partial charge is 0.271 e. The van der Waals surface area contributed by atoms with Crippen molar-refractivity contribution in [2.75, 3.05) is 18.6 Å². The van der Waals surface area contributed by atoms with Gasteiger partial charge in [0.2, 0.25) is 0 Å². The number of carbonyl (C=O) groups is 2. The highest BCUT2D eigenvalue weighted by Crippen LogP contribution is 2.43. The Morgan fingerprint density at radius 2 is 1.78 bits per heavy atom. The van der Waals surface area contributed by atoms with Gasteiger partial charge in [-0.05, 0) is 55.2 Å². The van der Waals surface area contributed by atoms with E-state index in [1.165, 1.54) is 4.90 Å². The molecule has 5 nitrogen and oxygen atoms in total. The Morgan fingerprint density at radius 1 is 1.04 bits per heavy atom. The molecule has 0 bridgehead atoms. The average Bonchev–Trinajstić information content (AvgIpc) is 2.91. The van der Waals surface area contributed by atoms with E-state index in [4.69, 9.17) is 9.47 Å². The monoisotopic (exact) mass is 363 g/mol. The van der Waals surface area contributed by atoms with Crippen molar-refractivity contribution in [1.82, 2.24) is 0 Å². The number of hydrogen-bond acceptors (Lipinski definition) is 4. The van der Waals surface area contributed by atoms with Gasteiger partial charge in [-0.2, -0.15) is 0 Å². The first-order chi connectivity index (χ1) is 13.2. The summed E-state index contributed by atoms with van der Waals surface area (Å²) in [5.74, 6) is 0.0389. The third-order valence-corrected chi connectivity index (χ3v) is 5.13. The van der Waals surface area contributed by atoms with Crippen molar-refractivity contribution >= 4 is 23.6 Å². The van der Waals surface area contributed by atoms with Gasteiger partial charge < -0.3 is 9.47 Å². The zero-order valence-corrected chi connectivity index (χ0v) is 15.2. The van der Waals surface area contributed by atoms with Crippen LogP contribution in [0.15, 0.2) is 60.2 Å². The molecule has 27 heavy (non-hydrogen) atoms. The lowest BCUT2D eigenvalue weighted by atomic mass is 9.87. The second-order valence-electron chi connectivity index (χ2n) is 6.75. The van der Waals surface area contributed by atoms with Crippen molar-refractivity contribution in [1.29, 1.82) is 0 Å². The highest BCUT2D eigenvalue weighted by Gasteiger charge is 2.57. The van der Waals surface area contributed by atoms with Gasteiger partial charge in [-0.25, -0.2) is 4.90 Å². The number of methoxy groups -OCH3 is 1. The van der Waals surface area contributed by atoms with Gasteiger partial charge in [0.15, 0.2) is 5.60 Å². The van der Waals surface area contributed by atoms with E-state index in [2.05, 4.69) is 0 Å². The number of amides is 2. The highest BCUT2D eigenvalue weighted by molar-refractivity contribution is 6.33. The quantitative estimate of drug-likeness (QED) is 0.618. The van der Waals surface area contributed by atoms with E-state index in [1.54, 1.807) is 37.5 Å². The van der Waals surface area contributed by atoms with Crippen LogP contribution in [0.1, 0.15) is 24.8 Å². The summed E-state index contributed by atoms with van der Waals surface area (Å²) in [6.45, 7) is 0.474. The Labute approximate surface area is 158 Å². The van der Waals surface area contributed by atoms with Gasteiger partial charge in [0.25, 0.3) is 11.8 Å². The molecule has 1 unspecified atom stereocenters. The summed E-state index contributed by atoms with van der Waals surface area (Å²) in [5, 5.41) is 0. The minimum atomic E-state index is -1.19. The molecule has 1 atom stereocenters. The number of anilines is 1. The Kier molecular flexibility index (Phi) is 4.54. The lowest BCUT2D eigenvalue weighted by Gasteiger charge is -2.32. The lowest BCUT2D eigenvalue weighted by Crippen LogP contribution is -2.45. The molecule has 2 aliphatic heterocycles. The van der Waals surface area contributed by atoms with Crippen molar-refractivity contribution in [3.63, 3.8) is 0 Å². The number of carbonyl (C=O) groups excluding carboxylic acids is 2. The zero-order valence-electron chi connectivity index (χ0n) is 15.2. The molecule has 0 radical (unpaired) electrons. The molecule has 4 rings (SSSR count).